The number of halogens is 3. The lowest BCUT2D eigenvalue weighted by Gasteiger charge is -2.45. The third kappa shape index (κ3) is 5.70. The van der Waals surface area contributed by atoms with Crippen molar-refractivity contribution in [3.63, 3.8) is 0 Å². The lowest BCUT2D eigenvalue weighted by molar-refractivity contribution is -0.218. The first-order valence-corrected chi connectivity index (χ1v) is 12.7. The summed E-state index contributed by atoms with van der Waals surface area (Å²) in [7, 11) is 1.95. The number of amides is 1. The predicted molar refractivity (Wildman–Crippen MR) is 136 cm³/mol. The molecule has 2 fully saturated rings. The molecule has 2 aromatic carbocycles. The zero-order valence-electron chi connectivity index (χ0n) is 21.3. The second kappa shape index (κ2) is 10.4. The van der Waals surface area contributed by atoms with Gasteiger partial charge < -0.3 is 14.9 Å². The van der Waals surface area contributed by atoms with Crippen LogP contribution in [0.5, 0.6) is 0 Å². The van der Waals surface area contributed by atoms with Crippen LogP contribution in [0.15, 0.2) is 48.5 Å². The molecule has 1 N–H and O–H groups in total. The molecule has 196 valence electrons. The van der Waals surface area contributed by atoms with E-state index in [1.54, 1.807) is 4.90 Å². The first-order valence-electron chi connectivity index (χ1n) is 12.7. The van der Waals surface area contributed by atoms with Crippen LogP contribution in [0.1, 0.15) is 49.9 Å². The van der Waals surface area contributed by atoms with Crippen LogP contribution in [0.4, 0.5) is 18.9 Å². The molecule has 2 aliphatic heterocycles. The lowest BCUT2D eigenvalue weighted by atomic mass is 9.90. The molecule has 1 unspecified atom stereocenters. The largest absolute Gasteiger partial charge is 0.395 e. The Morgan fingerprint density at radius 3 is 2.14 bits per heavy atom. The minimum absolute atomic E-state index is 0.0228. The van der Waals surface area contributed by atoms with Crippen LogP contribution >= 0.6 is 0 Å². The molecule has 1 amide bonds. The summed E-state index contributed by atoms with van der Waals surface area (Å²) in [5, 5.41) is 9.68. The molecule has 2 aromatic rings. The predicted octanol–water partition coefficient (Wildman–Crippen LogP) is 5.40. The van der Waals surface area contributed by atoms with Crippen molar-refractivity contribution in [2.45, 2.75) is 58.0 Å². The number of carbonyl (C=O) groups is 1. The van der Waals surface area contributed by atoms with E-state index in [0.29, 0.717) is 31.6 Å². The lowest BCUT2D eigenvalue weighted by Crippen LogP contribution is -2.54. The summed E-state index contributed by atoms with van der Waals surface area (Å²) >= 11 is 0. The number of benzene rings is 2. The average Bonchev–Trinajstić information content (AvgIpc) is 3.29. The third-order valence-electron chi connectivity index (χ3n) is 7.58. The summed E-state index contributed by atoms with van der Waals surface area (Å²) < 4.78 is 40.6. The van der Waals surface area contributed by atoms with Crippen LogP contribution in [0.3, 0.4) is 0 Å². The highest BCUT2D eigenvalue weighted by Gasteiger charge is 2.49. The molecule has 5 nitrogen and oxygen atoms in total. The molecule has 2 atom stereocenters. The zero-order valence-corrected chi connectivity index (χ0v) is 21.3. The van der Waals surface area contributed by atoms with Crippen LogP contribution in [0.2, 0.25) is 0 Å². The molecule has 0 bridgehead atoms. The quantitative estimate of drug-likeness (QED) is 0.574. The molecule has 36 heavy (non-hydrogen) atoms. The van der Waals surface area contributed by atoms with Crippen molar-refractivity contribution in [1.82, 2.24) is 9.80 Å². The van der Waals surface area contributed by atoms with Gasteiger partial charge in [0.25, 0.3) is 5.91 Å². The van der Waals surface area contributed by atoms with Gasteiger partial charge in [-0.15, -0.1) is 0 Å². The molecule has 0 saturated carbocycles. The van der Waals surface area contributed by atoms with Gasteiger partial charge in [0.05, 0.1) is 17.7 Å². The van der Waals surface area contributed by atoms with E-state index >= 15 is 0 Å². The van der Waals surface area contributed by atoms with Crippen LogP contribution in [-0.4, -0.2) is 72.5 Å². The maximum atomic E-state index is 13.5. The Morgan fingerprint density at radius 1 is 0.972 bits per heavy atom. The standard InChI is InChI=1S/C28H36F3N3O2/c1-27(2,28(29,30)31)19-34-16-5-4-6-25(34)32(3)23-13-11-21(12-14-23)20-7-9-22(10-8-20)26(36)33-17-15-24(35)18-33/h7-14,24-25,35H,4-6,15-19H2,1-3H3/t24-,25?/m0/s1. The monoisotopic (exact) mass is 503 g/mol. The maximum Gasteiger partial charge on any atom is 0.395 e. The Hall–Kier alpha value is -2.58. The fourth-order valence-electron chi connectivity index (χ4n) is 5.17. The summed E-state index contributed by atoms with van der Waals surface area (Å²) in [6.45, 7) is 4.14. The Morgan fingerprint density at radius 2 is 1.58 bits per heavy atom. The molecular formula is C28H36F3N3O2. The summed E-state index contributed by atoms with van der Waals surface area (Å²) in [5.41, 5.74) is 1.77. The molecule has 2 aliphatic rings. The number of likely N-dealkylation sites (tertiary alicyclic amines) is 2. The van der Waals surface area contributed by atoms with Crippen molar-refractivity contribution in [1.29, 1.82) is 0 Å². The number of aliphatic hydroxyl groups excluding tert-OH is 1. The molecule has 0 aromatic heterocycles. The number of hydrogen-bond donors (Lipinski definition) is 1. The van der Waals surface area contributed by atoms with Gasteiger partial charge in [0, 0.05) is 44.5 Å². The number of alkyl halides is 3. The van der Waals surface area contributed by atoms with Gasteiger partial charge in [-0.2, -0.15) is 13.2 Å². The second-order valence-electron chi connectivity index (χ2n) is 10.8. The Balaban J connectivity index is 1.44. The number of carbonyl (C=O) groups excluding carboxylic acids is 1. The molecule has 0 aliphatic carbocycles. The van der Waals surface area contributed by atoms with Crippen molar-refractivity contribution >= 4 is 11.6 Å². The average molecular weight is 504 g/mol. The minimum atomic E-state index is -4.24. The van der Waals surface area contributed by atoms with Crippen molar-refractivity contribution in [3.8, 4) is 11.1 Å². The number of nitrogens with zero attached hydrogens (tertiary/aromatic N) is 3. The Labute approximate surface area is 211 Å². The van der Waals surface area contributed by atoms with Crippen molar-refractivity contribution in [2.75, 3.05) is 38.1 Å². The van der Waals surface area contributed by atoms with E-state index in [2.05, 4.69) is 4.90 Å². The van der Waals surface area contributed by atoms with Crippen LogP contribution in [-0.2, 0) is 0 Å². The van der Waals surface area contributed by atoms with Gasteiger partial charge in [-0.05, 0) is 74.9 Å². The molecule has 4 rings (SSSR count). The zero-order chi connectivity index (χ0) is 26.1. The van der Waals surface area contributed by atoms with Gasteiger partial charge in [-0.1, -0.05) is 24.3 Å². The molecule has 2 saturated heterocycles. The summed E-state index contributed by atoms with van der Waals surface area (Å²) in [5.74, 6) is -0.0687. The van der Waals surface area contributed by atoms with Crippen LogP contribution in [0.25, 0.3) is 11.1 Å². The molecule has 0 radical (unpaired) electrons. The maximum absolute atomic E-state index is 13.5. The van der Waals surface area contributed by atoms with Gasteiger partial charge in [-0.3, -0.25) is 9.69 Å². The topological polar surface area (TPSA) is 47.0 Å². The number of hydrogen-bond acceptors (Lipinski definition) is 4. The van der Waals surface area contributed by atoms with Crippen molar-refractivity contribution < 1.29 is 23.1 Å². The molecule has 2 heterocycles. The van der Waals surface area contributed by atoms with E-state index in [1.165, 1.54) is 13.8 Å². The first kappa shape index (κ1) is 26.5. The molecule has 0 spiro atoms. The van der Waals surface area contributed by atoms with Gasteiger partial charge in [0.1, 0.15) is 0 Å². The van der Waals surface area contributed by atoms with E-state index in [-0.39, 0.29) is 18.6 Å². The Kier molecular flexibility index (Phi) is 7.67. The highest BCUT2D eigenvalue weighted by Crippen LogP contribution is 2.39. The van der Waals surface area contributed by atoms with E-state index in [1.807, 2.05) is 60.5 Å². The fourth-order valence-corrected chi connectivity index (χ4v) is 5.17. The van der Waals surface area contributed by atoms with Gasteiger partial charge in [0.2, 0.25) is 0 Å². The first-order chi connectivity index (χ1) is 17.0. The SMILES string of the molecule is CN(c1ccc(-c2ccc(C(=O)N3CC[C@H](O)C3)cc2)cc1)C1CCCCN1CC(C)(C)C(F)(F)F. The second-order valence-corrected chi connectivity index (χ2v) is 10.8. The normalized spacial score (nSPS) is 21.6. The molecular weight excluding hydrogens is 467 g/mol. The highest BCUT2D eigenvalue weighted by atomic mass is 19.4. The summed E-state index contributed by atoms with van der Waals surface area (Å²) in [6, 6.07) is 15.5. The fraction of sp³-hybridized carbons (Fsp3) is 0.536. The van der Waals surface area contributed by atoms with Gasteiger partial charge >= 0.3 is 6.18 Å². The van der Waals surface area contributed by atoms with Crippen LogP contribution in [0, 0.1) is 5.41 Å². The highest BCUT2D eigenvalue weighted by molar-refractivity contribution is 5.95. The number of anilines is 1. The van der Waals surface area contributed by atoms with Crippen molar-refractivity contribution in [2.24, 2.45) is 5.41 Å². The summed E-state index contributed by atoms with van der Waals surface area (Å²) in [6.07, 6.45) is -1.42. The van der Waals surface area contributed by atoms with E-state index < -0.39 is 17.7 Å². The minimum Gasteiger partial charge on any atom is -0.391 e. The number of rotatable bonds is 6. The van der Waals surface area contributed by atoms with Gasteiger partial charge in [-0.25, -0.2) is 0 Å². The number of β-amino-alcohol motifs (C(OH)–C–C–N with tert-alkyl or cyclic N) is 1. The van der Waals surface area contributed by atoms with E-state index in [4.69, 9.17) is 0 Å². The van der Waals surface area contributed by atoms with E-state index in [0.717, 1.165) is 36.1 Å². The Bertz CT molecular complexity index is 1040. The van der Waals surface area contributed by atoms with Crippen LogP contribution < -0.4 is 4.90 Å². The molecule has 8 heteroatoms. The van der Waals surface area contributed by atoms with E-state index in [9.17, 15) is 23.1 Å². The smallest absolute Gasteiger partial charge is 0.391 e. The summed E-state index contributed by atoms with van der Waals surface area (Å²) in [4.78, 5) is 18.4. The third-order valence-corrected chi connectivity index (χ3v) is 7.58. The van der Waals surface area contributed by atoms with Gasteiger partial charge in [0.15, 0.2) is 0 Å². The number of aliphatic hydroxyl groups is 1. The number of piperidine rings is 1. The van der Waals surface area contributed by atoms with Crippen molar-refractivity contribution in [3.05, 3.63) is 54.1 Å².